The number of amides is 2. The second-order valence-corrected chi connectivity index (χ2v) is 7.81. The van der Waals surface area contributed by atoms with E-state index in [0.29, 0.717) is 25.8 Å². The zero-order valence-corrected chi connectivity index (χ0v) is 12.0. The van der Waals surface area contributed by atoms with Crippen LogP contribution >= 0.6 is 0 Å². The van der Waals surface area contributed by atoms with Gasteiger partial charge in [-0.05, 0) is 19.3 Å². The molecule has 6 nitrogen and oxygen atoms in total. The number of carbonyl (C=O) groups excluding carboxylic acids is 2. The van der Waals surface area contributed by atoms with Gasteiger partial charge in [0.25, 0.3) is 0 Å². The van der Waals surface area contributed by atoms with Crippen LogP contribution in [0.15, 0.2) is 0 Å². The molecule has 7 heteroatoms. The number of carbonyl (C=O) groups is 2. The predicted molar refractivity (Wildman–Crippen MR) is 70.2 cm³/mol. The highest BCUT2D eigenvalue weighted by molar-refractivity contribution is 7.90. The Kier molecular flexibility index (Phi) is 3.85. The molecule has 0 aromatic rings. The van der Waals surface area contributed by atoms with E-state index >= 15 is 0 Å². The first-order valence-corrected chi connectivity index (χ1v) is 8.67. The summed E-state index contributed by atoms with van der Waals surface area (Å²) in [5.74, 6) is -0.134. The third-order valence-corrected chi connectivity index (χ3v) is 4.84. The van der Waals surface area contributed by atoms with Crippen LogP contribution in [-0.2, 0) is 19.4 Å². The average Bonchev–Trinajstić information content (AvgIpc) is 2.73. The maximum Gasteiger partial charge on any atom is 0.248 e. The van der Waals surface area contributed by atoms with Crippen LogP contribution in [0.2, 0.25) is 0 Å². The molecule has 1 N–H and O–H groups in total. The first kappa shape index (κ1) is 14.3. The number of nitrogens with zero attached hydrogens (tertiary/aromatic N) is 1. The molecule has 1 heterocycles. The highest BCUT2D eigenvalue weighted by atomic mass is 32.2. The van der Waals surface area contributed by atoms with Gasteiger partial charge >= 0.3 is 0 Å². The molecule has 1 spiro atoms. The summed E-state index contributed by atoms with van der Waals surface area (Å²) in [7, 11) is -3.02. The molecule has 0 radical (unpaired) electrons. The van der Waals surface area contributed by atoms with E-state index in [-0.39, 0.29) is 24.1 Å². The Morgan fingerprint density at radius 3 is 2.47 bits per heavy atom. The normalized spacial score (nSPS) is 22.9. The molecule has 2 fully saturated rings. The molecular formula is C12H20N2O4S. The molecule has 1 saturated heterocycles. The second kappa shape index (κ2) is 5.11. The van der Waals surface area contributed by atoms with Gasteiger partial charge in [-0.1, -0.05) is 12.8 Å². The monoisotopic (exact) mass is 288 g/mol. The number of piperazine rings is 1. The zero-order chi connectivity index (χ0) is 14.1. The van der Waals surface area contributed by atoms with Crippen molar-refractivity contribution < 1.29 is 18.0 Å². The van der Waals surface area contributed by atoms with Gasteiger partial charge in [-0.25, -0.2) is 8.42 Å². The van der Waals surface area contributed by atoms with Crippen LogP contribution in [0.4, 0.5) is 0 Å². The maximum atomic E-state index is 12.4. The zero-order valence-electron chi connectivity index (χ0n) is 11.1. The molecule has 108 valence electrons. The lowest BCUT2D eigenvalue weighted by Gasteiger charge is -2.39. The highest BCUT2D eigenvalue weighted by Crippen LogP contribution is 2.33. The predicted octanol–water partition coefficient (Wildman–Crippen LogP) is -0.308. The quantitative estimate of drug-likeness (QED) is 0.769. The lowest BCUT2D eigenvalue weighted by Crippen LogP contribution is -2.65. The number of hydrogen-bond donors (Lipinski definition) is 1. The van der Waals surface area contributed by atoms with Crippen molar-refractivity contribution in [1.82, 2.24) is 10.2 Å². The van der Waals surface area contributed by atoms with Gasteiger partial charge in [-0.3, -0.25) is 9.59 Å². The standard InChI is InChI=1S/C12H20N2O4S/c1-19(17,18)8-4-7-14-9-10(15)13-12(11(14)16)5-2-3-6-12/h2-9H2,1H3,(H,13,15). The number of sulfone groups is 1. The fraction of sp³-hybridized carbons (Fsp3) is 0.833. The smallest absolute Gasteiger partial charge is 0.248 e. The summed E-state index contributed by atoms with van der Waals surface area (Å²) in [6, 6.07) is 0. The Balaban J connectivity index is 2.00. The summed E-state index contributed by atoms with van der Waals surface area (Å²) in [6.07, 6.45) is 4.84. The van der Waals surface area contributed by atoms with Crippen molar-refractivity contribution in [2.24, 2.45) is 0 Å². The fourth-order valence-electron chi connectivity index (χ4n) is 2.92. The van der Waals surface area contributed by atoms with E-state index in [1.165, 1.54) is 11.2 Å². The second-order valence-electron chi connectivity index (χ2n) is 5.55. The van der Waals surface area contributed by atoms with Gasteiger partial charge in [-0.15, -0.1) is 0 Å². The average molecular weight is 288 g/mol. The third kappa shape index (κ3) is 3.26. The largest absolute Gasteiger partial charge is 0.340 e. The van der Waals surface area contributed by atoms with Crippen molar-refractivity contribution in [2.45, 2.75) is 37.6 Å². The van der Waals surface area contributed by atoms with Crippen molar-refractivity contribution in [3.05, 3.63) is 0 Å². The molecule has 0 aromatic carbocycles. The van der Waals surface area contributed by atoms with Crippen molar-refractivity contribution in [3.8, 4) is 0 Å². The molecule has 0 aromatic heterocycles. The molecule has 19 heavy (non-hydrogen) atoms. The van der Waals surface area contributed by atoms with Crippen molar-refractivity contribution in [2.75, 3.05) is 25.1 Å². The summed E-state index contributed by atoms with van der Waals surface area (Å²) in [6.45, 7) is 0.380. The van der Waals surface area contributed by atoms with Crippen LogP contribution in [-0.4, -0.2) is 55.8 Å². The fourth-order valence-corrected chi connectivity index (χ4v) is 3.58. The third-order valence-electron chi connectivity index (χ3n) is 3.81. The van der Waals surface area contributed by atoms with Gasteiger partial charge < -0.3 is 10.2 Å². The summed E-state index contributed by atoms with van der Waals surface area (Å²) < 4.78 is 22.2. The number of nitrogens with one attached hydrogen (secondary N) is 1. The molecule has 0 unspecified atom stereocenters. The number of rotatable bonds is 4. The molecule has 1 aliphatic heterocycles. The first-order chi connectivity index (χ1) is 8.82. The SMILES string of the molecule is CS(=O)(=O)CCCN1CC(=O)NC2(CCCC2)C1=O. The summed E-state index contributed by atoms with van der Waals surface area (Å²) in [5.41, 5.74) is -0.708. The molecule has 1 saturated carbocycles. The van der Waals surface area contributed by atoms with Gasteiger partial charge in [0.2, 0.25) is 11.8 Å². The van der Waals surface area contributed by atoms with Gasteiger partial charge in [0, 0.05) is 12.8 Å². The lowest BCUT2D eigenvalue weighted by molar-refractivity contribution is -0.149. The molecular weight excluding hydrogens is 268 g/mol. The van der Waals surface area contributed by atoms with Crippen LogP contribution in [0.25, 0.3) is 0 Å². The van der Waals surface area contributed by atoms with E-state index < -0.39 is 15.4 Å². The lowest BCUT2D eigenvalue weighted by atomic mass is 9.93. The van der Waals surface area contributed by atoms with Gasteiger partial charge in [-0.2, -0.15) is 0 Å². The minimum absolute atomic E-state index is 0.0434. The van der Waals surface area contributed by atoms with Gasteiger partial charge in [0.1, 0.15) is 15.4 Å². The van der Waals surface area contributed by atoms with Crippen molar-refractivity contribution in [3.63, 3.8) is 0 Å². The Morgan fingerprint density at radius 2 is 1.89 bits per heavy atom. The van der Waals surface area contributed by atoms with E-state index in [4.69, 9.17) is 0 Å². The van der Waals surface area contributed by atoms with Crippen LogP contribution in [0.3, 0.4) is 0 Å². The first-order valence-electron chi connectivity index (χ1n) is 6.61. The Labute approximate surface area is 113 Å². The van der Waals surface area contributed by atoms with Crippen molar-refractivity contribution in [1.29, 1.82) is 0 Å². The summed E-state index contributed by atoms with van der Waals surface area (Å²) in [4.78, 5) is 25.6. The van der Waals surface area contributed by atoms with E-state index in [9.17, 15) is 18.0 Å². The Morgan fingerprint density at radius 1 is 1.26 bits per heavy atom. The molecule has 2 aliphatic rings. The highest BCUT2D eigenvalue weighted by Gasteiger charge is 2.47. The van der Waals surface area contributed by atoms with Crippen LogP contribution in [0.5, 0.6) is 0 Å². The minimum atomic E-state index is -3.02. The van der Waals surface area contributed by atoms with E-state index in [0.717, 1.165) is 12.8 Å². The van der Waals surface area contributed by atoms with Crippen molar-refractivity contribution >= 4 is 21.7 Å². The van der Waals surface area contributed by atoms with Gasteiger partial charge in [0.15, 0.2) is 0 Å². The molecule has 2 amide bonds. The van der Waals surface area contributed by atoms with E-state index in [2.05, 4.69) is 5.32 Å². The molecule has 2 rings (SSSR count). The van der Waals surface area contributed by atoms with Gasteiger partial charge in [0.05, 0.1) is 12.3 Å². The van der Waals surface area contributed by atoms with Crippen LogP contribution in [0, 0.1) is 0 Å². The summed E-state index contributed by atoms with van der Waals surface area (Å²) >= 11 is 0. The number of hydrogen-bond acceptors (Lipinski definition) is 4. The van der Waals surface area contributed by atoms with Crippen LogP contribution < -0.4 is 5.32 Å². The summed E-state index contributed by atoms with van der Waals surface area (Å²) in [5, 5.41) is 2.83. The van der Waals surface area contributed by atoms with Crippen LogP contribution in [0.1, 0.15) is 32.1 Å². The van der Waals surface area contributed by atoms with E-state index in [1.54, 1.807) is 0 Å². The molecule has 1 aliphatic carbocycles. The Hall–Kier alpha value is -1.11. The van der Waals surface area contributed by atoms with E-state index in [1.807, 2.05) is 0 Å². The molecule has 0 atom stereocenters. The maximum absolute atomic E-state index is 12.4. The molecule has 0 bridgehead atoms. The topological polar surface area (TPSA) is 83.6 Å². The Bertz CT molecular complexity index is 480. The minimum Gasteiger partial charge on any atom is -0.340 e.